The Balaban J connectivity index is 0.00000220. The van der Waals surface area contributed by atoms with Crippen LogP contribution in [0, 0.1) is 0 Å². The van der Waals surface area contributed by atoms with Gasteiger partial charge in [0.05, 0.1) is 17.6 Å². The van der Waals surface area contributed by atoms with Gasteiger partial charge in [-0.05, 0) is 31.5 Å². The first kappa shape index (κ1) is 17.7. The minimum atomic E-state index is -3.37. The first-order valence-corrected chi connectivity index (χ1v) is 8.43. The molecule has 1 amide bonds. The van der Waals surface area contributed by atoms with Crippen LogP contribution in [-0.2, 0) is 14.8 Å². The van der Waals surface area contributed by atoms with Crippen molar-refractivity contribution < 1.29 is 13.2 Å². The number of carbonyl (C=O) groups is 1. The van der Waals surface area contributed by atoms with E-state index in [1.165, 1.54) is 0 Å². The number of amides is 1. The van der Waals surface area contributed by atoms with E-state index in [0.717, 1.165) is 25.6 Å². The van der Waals surface area contributed by atoms with Crippen molar-refractivity contribution in [2.24, 2.45) is 0 Å². The molecule has 0 saturated carbocycles. The van der Waals surface area contributed by atoms with Crippen molar-refractivity contribution in [1.82, 2.24) is 5.32 Å². The molecule has 1 aromatic carbocycles. The molecule has 2 rings (SSSR count). The lowest BCUT2D eigenvalue weighted by Gasteiger charge is -2.13. The standard InChI is InChI=1S/C13H19N3O3S.ClH/c1-20(18,19)16-12-7-3-2-6-11(12)15-13(17)9-10-5-4-8-14-10;/h2-3,6-7,10,14,16H,4-5,8-9H2,1H3,(H,15,17);1H. The van der Waals surface area contributed by atoms with E-state index >= 15 is 0 Å². The van der Waals surface area contributed by atoms with Crippen LogP contribution in [0.2, 0.25) is 0 Å². The third kappa shape index (κ3) is 5.91. The van der Waals surface area contributed by atoms with Crippen LogP contribution in [0.15, 0.2) is 24.3 Å². The van der Waals surface area contributed by atoms with Gasteiger partial charge in [0.1, 0.15) is 0 Å². The predicted octanol–water partition coefficient (Wildman–Crippen LogP) is 1.56. The second kappa shape index (κ2) is 7.63. The van der Waals surface area contributed by atoms with E-state index in [1.807, 2.05) is 0 Å². The van der Waals surface area contributed by atoms with E-state index in [-0.39, 0.29) is 24.4 Å². The van der Waals surface area contributed by atoms with Crippen LogP contribution in [0.4, 0.5) is 11.4 Å². The maximum atomic E-state index is 12.0. The first-order chi connectivity index (χ1) is 9.44. The lowest BCUT2D eigenvalue weighted by molar-refractivity contribution is -0.116. The Hall–Kier alpha value is -1.31. The molecule has 0 aromatic heterocycles. The Morgan fingerprint density at radius 1 is 1.33 bits per heavy atom. The van der Waals surface area contributed by atoms with Gasteiger partial charge in [-0.3, -0.25) is 9.52 Å². The zero-order valence-corrected chi connectivity index (χ0v) is 13.4. The molecule has 0 spiro atoms. The van der Waals surface area contributed by atoms with Gasteiger partial charge in [-0.2, -0.15) is 0 Å². The Morgan fingerprint density at radius 2 is 2.00 bits per heavy atom. The van der Waals surface area contributed by atoms with Crippen molar-refractivity contribution in [2.45, 2.75) is 25.3 Å². The second-order valence-corrected chi connectivity index (χ2v) is 6.71. The topological polar surface area (TPSA) is 87.3 Å². The van der Waals surface area contributed by atoms with Gasteiger partial charge in [-0.25, -0.2) is 8.42 Å². The van der Waals surface area contributed by atoms with Gasteiger partial charge in [-0.1, -0.05) is 12.1 Å². The third-order valence-corrected chi connectivity index (χ3v) is 3.68. The Labute approximate surface area is 131 Å². The second-order valence-electron chi connectivity index (χ2n) is 4.97. The molecule has 118 valence electrons. The Bertz CT molecular complexity index is 586. The molecular weight excluding hydrogens is 314 g/mol. The number of hydrogen-bond acceptors (Lipinski definition) is 4. The molecule has 1 saturated heterocycles. The highest BCUT2D eigenvalue weighted by Gasteiger charge is 2.18. The van der Waals surface area contributed by atoms with Gasteiger partial charge in [0, 0.05) is 12.5 Å². The van der Waals surface area contributed by atoms with Crippen LogP contribution >= 0.6 is 12.4 Å². The number of benzene rings is 1. The summed E-state index contributed by atoms with van der Waals surface area (Å²) in [5.41, 5.74) is 0.851. The van der Waals surface area contributed by atoms with E-state index in [9.17, 15) is 13.2 Å². The molecule has 1 aliphatic rings. The molecule has 0 aliphatic carbocycles. The van der Waals surface area contributed by atoms with Gasteiger partial charge in [0.15, 0.2) is 0 Å². The number of sulfonamides is 1. The van der Waals surface area contributed by atoms with Crippen molar-refractivity contribution in [1.29, 1.82) is 0 Å². The highest BCUT2D eigenvalue weighted by molar-refractivity contribution is 7.92. The van der Waals surface area contributed by atoms with Gasteiger partial charge >= 0.3 is 0 Å². The maximum absolute atomic E-state index is 12.0. The number of rotatable bonds is 5. The molecule has 1 unspecified atom stereocenters. The fraction of sp³-hybridized carbons (Fsp3) is 0.462. The average Bonchev–Trinajstić information content (AvgIpc) is 2.82. The van der Waals surface area contributed by atoms with E-state index in [0.29, 0.717) is 17.8 Å². The molecule has 1 atom stereocenters. The normalized spacial score (nSPS) is 17.9. The van der Waals surface area contributed by atoms with Crippen LogP contribution in [0.5, 0.6) is 0 Å². The van der Waals surface area contributed by atoms with Crippen molar-refractivity contribution in [3.8, 4) is 0 Å². The molecular formula is C13H20ClN3O3S. The van der Waals surface area contributed by atoms with Crippen LogP contribution in [-0.4, -0.2) is 33.2 Å². The average molecular weight is 334 g/mol. The van der Waals surface area contributed by atoms with Crippen molar-refractivity contribution in [2.75, 3.05) is 22.8 Å². The Morgan fingerprint density at radius 3 is 2.57 bits per heavy atom. The monoisotopic (exact) mass is 333 g/mol. The highest BCUT2D eigenvalue weighted by atomic mass is 35.5. The summed E-state index contributed by atoms with van der Waals surface area (Å²) in [6.45, 7) is 0.949. The minimum Gasteiger partial charge on any atom is -0.324 e. The molecule has 0 bridgehead atoms. The summed E-state index contributed by atoms with van der Waals surface area (Å²) in [4.78, 5) is 12.0. The molecule has 21 heavy (non-hydrogen) atoms. The maximum Gasteiger partial charge on any atom is 0.229 e. The largest absolute Gasteiger partial charge is 0.324 e. The fourth-order valence-electron chi connectivity index (χ4n) is 2.24. The summed E-state index contributed by atoms with van der Waals surface area (Å²) in [7, 11) is -3.37. The zero-order chi connectivity index (χ0) is 14.6. The summed E-state index contributed by atoms with van der Waals surface area (Å²) < 4.78 is 25.0. The van der Waals surface area contributed by atoms with Crippen molar-refractivity contribution in [3.63, 3.8) is 0 Å². The number of anilines is 2. The van der Waals surface area contributed by atoms with Crippen molar-refractivity contribution >= 4 is 39.7 Å². The van der Waals surface area contributed by atoms with Crippen LogP contribution in [0.1, 0.15) is 19.3 Å². The summed E-state index contributed by atoms with van der Waals surface area (Å²) in [5.74, 6) is -0.118. The lowest BCUT2D eigenvalue weighted by atomic mass is 10.1. The number of halogens is 1. The van der Waals surface area contributed by atoms with Gasteiger partial charge < -0.3 is 10.6 Å². The number of nitrogens with one attached hydrogen (secondary N) is 3. The quantitative estimate of drug-likeness (QED) is 0.763. The first-order valence-electron chi connectivity index (χ1n) is 6.54. The third-order valence-electron chi connectivity index (χ3n) is 3.09. The van der Waals surface area contributed by atoms with Gasteiger partial charge in [0.2, 0.25) is 15.9 Å². The van der Waals surface area contributed by atoms with Gasteiger partial charge in [0.25, 0.3) is 0 Å². The van der Waals surface area contributed by atoms with E-state index < -0.39 is 10.0 Å². The lowest BCUT2D eigenvalue weighted by Crippen LogP contribution is -2.27. The SMILES string of the molecule is CS(=O)(=O)Nc1ccccc1NC(=O)CC1CCCN1.Cl. The molecule has 6 nitrogen and oxygen atoms in total. The summed E-state index contributed by atoms with van der Waals surface area (Å²) in [5, 5.41) is 6.01. The molecule has 1 aliphatic heterocycles. The number of para-hydroxylation sites is 2. The molecule has 8 heteroatoms. The summed E-state index contributed by atoms with van der Waals surface area (Å²) in [6.07, 6.45) is 3.56. The predicted molar refractivity (Wildman–Crippen MR) is 86.4 cm³/mol. The van der Waals surface area contributed by atoms with Crippen LogP contribution < -0.4 is 15.4 Å². The van der Waals surface area contributed by atoms with E-state index in [2.05, 4.69) is 15.4 Å². The van der Waals surface area contributed by atoms with Gasteiger partial charge in [-0.15, -0.1) is 12.4 Å². The number of hydrogen-bond donors (Lipinski definition) is 3. The molecule has 1 aromatic rings. The van der Waals surface area contributed by atoms with E-state index in [4.69, 9.17) is 0 Å². The van der Waals surface area contributed by atoms with Crippen LogP contribution in [0.3, 0.4) is 0 Å². The Kier molecular flexibility index (Phi) is 6.44. The summed E-state index contributed by atoms with van der Waals surface area (Å²) >= 11 is 0. The van der Waals surface area contributed by atoms with E-state index in [1.54, 1.807) is 24.3 Å². The molecule has 1 heterocycles. The minimum absolute atomic E-state index is 0. The van der Waals surface area contributed by atoms with Crippen molar-refractivity contribution in [3.05, 3.63) is 24.3 Å². The summed E-state index contributed by atoms with van der Waals surface area (Å²) in [6, 6.07) is 6.96. The smallest absolute Gasteiger partial charge is 0.229 e. The molecule has 0 radical (unpaired) electrons. The molecule has 1 fully saturated rings. The highest BCUT2D eigenvalue weighted by Crippen LogP contribution is 2.22. The number of carbonyl (C=O) groups excluding carboxylic acids is 1. The molecule has 3 N–H and O–H groups in total. The fourth-order valence-corrected chi connectivity index (χ4v) is 2.81. The zero-order valence-electron chi connectivity index (χ0n) is 11.8. The van der Waals surface area contributed by atoms with Crippen LogP contribution in [0.25, 0.3) is 0 Å².